The van der Waals surface area contributed by atoms with Crippen molar-refractivity contribution in [1.29, 1.82) is 0 Å². The van der Waals surface area contributed by atoms with E-state index in [0.29, 0.717) is 11.3 Å². The predicted molar refractivity (Wildman–Crippen MR) is 70.6 cm³/mol. The Kier molecular flexibility index (Phi) is 2.81. The Labute approximate surface area is 106 Å². The Morgan fingerprint density at radius 2 is 1.59 bits per heavy atom. The predicted octanol–water partition coefficient (Wildman–Crippen LogP) is 3.86. The van der Waals surface area contributed by atoms with E-state index in [9.17, 15) is 5.11 Å². The fraction of sp³-hybridized carbons (Fsp3) is 1.00. The summed E-state index contributed by atoms with van der Waals surface area (Å²) in [5.74, 6) is 4.19. The minimum absolute atomic E-state index is 0.0170. The zero-order valence-electron chi connectivity index (χ0n) is 11.7. The molecule has 0 aromatic heterocycles. The molecule has 3 aliphatic carbocycles. The van der Waals surface area contributed by atoms with Gasteiger partial charge in [-0.05, 0) is 60.7 Å². The topological polar surface area (TPSA) is 20.2 Å². The summed E-state index contributed by atoms with van der Waals surface area (Å²) in [5.41, 5.74) is 0.556. The summed E-state index contributed by atoms with van der Waals surface area (Å²) in [7, 11) is 0. The Balaban J connectivity index is 1.76. The summed E-state index contributed by atoms with van der Waals surface area (Å²) in [6.07, 6.45) is 7.83. The van der Waals surface area contributed by atoms with Crippen molar-refractivity contribution in [2.45, 2.75) is 65.4 Å². The molecule has 3 saturated carbocycles. The van der Waals surface area contributed by atoms with Crippen LogP contribution in [0.2, 0.25) is 0 Å². The first-order valence-electron chi connectivity index (χ1n) is 7.70. The van der Waals surface area contributed by atoms with E-state index in [4.69, 9.17) is 0 Å². The molecule has 0 saturated heterocycles. The molecule has 0 radical (unpaired) electrons. The highest BCUT2D eigenvalue weighted by Crippen LogP contribution is 2.63. The highest BCUT2D eigenvalue weighted by Gasteiger charge is 2.56. The molecular formula is C16H28O. The van der Waals surface area contributed by atoms with Crippen LogP contribution >= 0.6 is 0 Å². The van der Waals surface area contributed by atoms with Crippen LogP contribution in [0, 0.1) is 35.0 Å². The average Bonchev–Trinajstić information content (AvgIpc) is 2.80. The Morgan fingerprint density at radius 3 is 2.18 bits per heavy atom. The lowest BCUT2D eigenvalue weighted by Gasteiger charge is -2.44. The number of aliphatic hydroxyl groups excluding tert-OH is 1. The third kappa shape index (κ3) is 1.69. The van der Waals surface area contributed by atoms with Crippen molar-refractivity contribution in [2.24, 2.45) is 35.0 Å². The van der Waals surface area contributed by atoms with E-state index in [1.807, 2.05) is 0 Å². The SMILES string of the molecule is C[C@@H]1[C@@H]2C[C@@H](C[C@H]2[C@@H]2CCCC[C@H]2O)C1(C)C. The zero-order valence-corrected chi connectivity index (χ0v) is 11.7. The van der Waals surface area contributed by atoms with Crippen molar-refractivity contribution < 1.29 is 5.11 Å². The summed E-state index contributed by atoms with van der Waals surface area (Å²) < 4.78 is 0. The van der Waals surface area contributed by atoms with Gasteiger partial charge in [0.1, 0.15) is 0 Å². The standard InChI is InChI=1S/C16H28O/c1-10-13-8-11(16(10,2)3)9-14(13)12-6-4-5-7-15(12)17/h10-15,17H,4-9H2,1-3H3/t10-,11+,12+,13+,14+,15-/m1/s1. The third-order valence-corrected chi connectivity index (χ3v) is 6.86. The quantitative estimate of drug-likeness (QED) is 0.733. The molecule has 6 atom stereocenters. The summed E-state index contributed by atoms with van der Waals surface area (Å²) in [5, 5.41) is 10.3. The molecule has 1 nitrogen and oxygen atoms in total. The van der Waals surface area contributed by atoms with Crippen molar-refractivity contribution in [3.8, 4) is 0 Å². The lowest BCUT2D eigenvalue weighted by atomic mass is 9.61. The summed E-state index contributed by atoms with van der Waals surface area (Å²) in [4.78, 5) is 0. The monoisotopic (exact) mass is 236 g/mol. The van der Waals surface area contributed by atoms with Crippen molar-refractivity contribution in [3.05, 3.63) is 0 Å². The van der Waals surface area contributed by atoms with Crippen molar-refractivity contribution in [1.82, 2.24) is 0 Å². The number of aliphatic hydroxyl groups is 1. The summed E-state index contributed by atoms with van der Waals surface area (Å²) >= 11 is 0. The van der Waals surface area contributed by atoms with E-state index in [-0.39, 0.29) is 6.10 Å². The Morgan fingerprint density at radius 1 is 0.941 bits per heavy atom. The van der Waals surface area contributed by atoms with Gasteiger partial charge >= 0.3 is 0 Å². The molecule has 0 aromatic carbocycles. The first-order chi connectivity index (χ1) is 8.01. The van der Waals surface area contributed by atoms with Crippen LogP contribution in [-0.2, 0) is 0 Å². The molecule has 3 aliphatic rings. The molecule has 3 fully saturated rings. The third-order valence-electron chi connectivity index (χ3n) is 6.86. The number of hydrogen-bond acceptors (Lipinski definition) is 1. The second-order valence-corrected chi connectivity index (χ2v) is 7.62. The number of rotatable bonds is 1. The second kappa shape index (κ2) is 3.98. The van der Waals surface area contributed by atoms with E-state index >= 15 is 0 Å². The minimum atomic E-state index is 0.0170. The molecule has 0 aliphatic heterocycles. The van der Waals surface area contributed by atoms with Crippen LogP contribution in [0.5, 0.6) is 0 Å². The largest absolute Gasteiger partial charge is 0.393 e. The van der Waals surface area contributed by atoms with Gasteiger partial charge in [0.25, 0.3) is 0 Å². The van der Waals surface area contributed by atoms with Crippen molar-refractivity contribution in [3.63, 3.8) is 0 Å². The van der Waals surface area contributed by atoms with Gasteiger partial charge in [-0.3, -0.25) is 0 Å². The molecule has 3 rings (SSSR count). The van der Waals surface area contributed by atoms with E-state index in [0.717, 1.165) is 30.1 Å². The van der Waals surface area contributed by atoms with Crippen molar-refractivity contribution in [2.75, 3.05) is 0 Å². The number of fused-ring (bicyclic) bond motifs is 2. The van der Waals surface area contributed by atoms with Gasteiger partial charge < -0.3 is 5.11 Å². The maximum atomic E-state index is 10.3. The first-order valence-corrected chi connectivity index (χ1v) is 7.70. The Hall–Kier alpha value is -0.0400. The van der Waals surface area contributed by atoms with Crippen LogP contribution in [0.25, 0.3) is 0 Å². The maximum absolute atomic E-state index is 10.3. The maximum Gasteiger partial charge on any atom is 0.0571 e. The molecule has 0 amide bonds. The molecule has 17 heavy (non-hydrogen) atoms. The molecule has 1 heteroatoms. The highest BCUT2D eigenvalue weighted by molar-refractivity contribution is 5.05. The lowest BCUT2D eigenvalue weighted by Crippen LogP contribution is -2.40. The van der Waals surface area contributed by atoms with E-state index < -0.39 is 0 Å². The summed E-state index contributed by atoms with van der Waals surface area (Å²) in [6, 6.07) is 0. The van der Waals surface area contributed by atoms with Crippen LogP contribution < -0.4 is 0 Å². The molecule has 0 heterocycles. The van der Waals surface area contributed by atoms with Crippen LogP contribution in [-0.4, -0.2) is 11.2 Å². The van der Waals surface area contributed by atoms with Crippen molar-refractivity contribution >= 4 is 0 Å². The average molecular weight is 236 g/mol. The van der Waals surface area contributed by atoms with Crippen LogP contribution in [0.15, 0.2) is 0 Å². The molecule has 0 spiro atoms. The second-order valence-electron chi connectivity index (χ2n) is 7.62. The van der Waals surface area contributed by atoms with Gasteiger partial charge in [-0.2, -0.15) is 0 Å². The normalized spacial score (nSPS) is 52.9. The van der Waals surface area contributed by atoms with Crippen LogP contribution in [0.4, 0.5) is 0 Å². The smallest absolute Gasteiger partial charge is 0.0571 e. The van der Waals surface area contributed by atoms with Gasteiger partial charge in [0.05, 0.1) is 6.10 Å². The van der Waals surface area contributed by atoms with Gasteiger partial charge in [-0.15, -0.1) is 0 Å². The molecule has 0 aromatic rings. The molecular weight excluding hydrogens is 208 g/mol. The van der Waals surface area contributed by atoms with Gasteiger partial charge in [-0.1, -0.05) is 33.6 Å². The minimum Gasteiger partial charge on any atom is -0.393 e. The van der Waals surface area contributed by atoms with E-state index in [2.05, 4.69) is 20.8 Å². The first kappa shape index (κ1) is 12.0. The molecule has 1 N–H and O–H groups in total. The summed E-state index contributed by atoms with van der Waals surface area (Å²) in [6.45, 7) is 7.40. The van der Waals surface area contributed by atoms with Gasteiger partial charge in [0, 0.05) is 0 Å². The van der Waals surface area contributed by atoms with E-state index in [1.165, 1.54) is 32.1 Å². The highest BCUT2D eigenvalue weighted by atomic mass is 16.3. The van der Waals surface area contributed by atoms with Gasteiger partial charge in [0.2, 0.25) is 0 Å². The fourth-order valence-electron chi connectivity index (χ4n) is 5.34. The molecule has 98 valence electrons. The number of hydrogen-bond donors (Lipinski definition) is 1. The van der Waals surface area contributed by atoms with Crippen LogP contribution in [0.3, 0.4) is 0 Å². The van der Waals surface area contributed by atoms with Crippen LogP contribution in [0.1, 0.15) is 59.3 Å². The zero-order chi connectivity index (χ0) is 12.2. The molecule has 2 bridgehead atoms. The van der Waals surface area contributed by atoms with Gasteiger partial charge in [-0.25, -0.2) is 0 Å². The molecule has 0 unspecified atom stereocenters. The van der Waals surface area contributed by atoms with E-state index in [1.54, 1.807) is 0 Å². The Bertz CT molecular complexity index is 292. The van der Waals surface area contributed by atoms with Gasteiger partial charge in [0.15, 0.2) is 0 Å². The fourth-order valence-corrected chi connectivity index (χ4v) is 5.34. The lowest BCUT2D eigenvalue weighted by molar-refractivity contribution is -0.0113.